The number of benzene rings is 2. The Morgan fingerprint density at radius 2 is 1.97 bits per heavy atom. The number of anilines is 1. The van der Waals surface area contributed by atoms with Crippen molar-refractivity contribution in [1.82, 2.24) is 20.1 Å². The van der Waals surface area contributed by atoms with Crippen molar-refractivity contribution in [3.63, 3.8) is 0 Å². The number of halogens is 1. The van der Waals surface area contributed by atoms with Crippen LogP contribution in [0.4, 0.5) is 10.1 Å². The smallest absolute Gasteiger partial charge is 0.251 e. The van der Waals surface area contributed by atoms with Crippen molar-refractivity contribution < 1.29 is 14.0 Å². The van der Waals surface area contributed by atoms with Crippen molar-refractivity contribution in [3.8, 4) is 0 Å². The molecule has 160 valence electrons. The van der Waals surface area contributed by atoms with E-state index in [9.17, 15) is 14.0 Å². The lowest BCUT2D eigenvalue weighted by atomic mass is 10.2. The van der Waals surface area contributed by atoms with Crippen LogP contribution in [0.5, 0.6) is 0 Å². The first-order valence-electron chi connectivity index (χ1n) is 9.52. The molecule has 2 N–H and O–H groups in total. The van der Waals surface area contributed by atoms with E-state index in [1.54, 1.807) is 10.6 Å². The van der Waals surface area contributed by atoms with E-state index in [4.69, 9.17) is 0 Å². The van der Waals surface area contributed by atoms with Gasteiger partial charge in [0.25, 0.3) is 5.91 Å². The quantitative estimate of drug-likeness (QED) is 0.393. The number of carbonyl (C=O) groups excluding carboxylic acids is 2. The number of nitrogens with zero attached hydrogens (tertiary/aromatic N) is 3. The summed E-state index contributed by atoms with van der Waals surface area (Å²) in [7, 11) is 0. The second-order valence-electron chi connectivity index (χ2n) is 6.69. The first kappa shape index (κ1) is 22.2. The van der Waals surface area contributed by atoms with E-state index in [2.05, 4.69) is 27.4 Å². The predicted molar refractivity (Wildman–Crippen MR) is 118 cm³/mol. The highest BCUT2D eigenvalue weighted by Gasteiger charge is 2.15. The highest BCUT2D eigenvalue weighted by Crippen LogP contribution is 2.18. The van der Waals surface area contributed by atoms with Crippen molar-refractivity contribution in [1.29, 1.82) is 0 Å². The Labute approximate surface area is 183 Å². The maximum absolute atomic E-state index is 13.0. The van der Waals surface area contributed by atoms with Gasteiger partial charge in [0.05, 0.1) is 12.3 Å². The van der Waals surface area contributed by atoms with E-state index >= 15 is 0 Å². The second-order valence-corrected chi connectivity index (χ2v) is 7.64. The average Bonchev–Trinajstić information content (AvgIpc) is 3.13. The van der Waals surface area contributed by atoms with Crippen molar-refractivity contribution in [2.24, 2.45) is 0 Å². The van der Waals surface area contributed by atoms with Crippen LogP contribution in [0.3, 0.4) is 0 Å². The zero-order chi connectivity index (χ0) is 22.2. The predicted octanol–water partition coefficient (Wildman–Crippen LogP) is 3.57. The zero-order valence-electron chi connectivity index (χ0n) is 17.0. The van der Waals surface area contributed by atoms with Gasteiger partial charge in [0.15, 0.2) is 11.0 Å². The van der Waals surface area contributed by atoms with E-state index < -0.39 is 5.82 Å². The van der Waals surface area contributed by atoms with Crippen LogP contribution in [0.15, 0.2) is 66.3 Å². The maximum atomic E-state index is 13.0. The highest BCUT2D eigenvalue weighted by atomic mass is 32.2. The van der Waals surface area contributed by atoms with E-state index in [-0.39, 0.29) is 24.1 Å². The lowest BCUT2D eigenvalue weighted by Gasteiger charge is -2.09. The summed E-state index contributed by atoms with van der Waals surface area (Å²) in [5, 5.41) is 14.4. The summed E-state index contributed by atoms with van der Waals surface area (Å²) < 4.78 is 14.8. The van der Waals surface area contributed by atoms with Crippen LogP contribution in [0.25, 0.3) is 0 Å². The molecule has 1 aromatic heterocycles. The monoisotopic (exact) mass is 439 g/mol. The number of amides is 2. The minimum Gasteiger partial charge on any atom is -0.345 e. The zero-order valence-corrected chi connectivity index (χ0v) is 17.8. The molecule has 3 aromatic rings. The van der Waals surface area contributed by atoms with Gasteiger partial charge in [-0.1, -0.05) is 30.0 Å². The van der Waals surface area contributed by atoms with Gasteiger partial charge in [-0.05, 0) is 48.9 Å². The summed E-state index contributed by atoms with van der Waals surface area (Å²) in [5.74, 6) is -0.229. The number of allylic oxidation sites excluding steroid dienone is 1. The van der Waals surface area contributed by atoms with Crippen LogP contribution in [-0.2, 0) is 17.9 Å². The number of hydrogen-bond donors (Lipinski definition) is 2. The molecule has 7 nitrogen and oxygen atoms in total. The van der Waals surface area contributed by atoms with Crippen LogP contribution >= 0.6 is 11.8 Å². The third-order valence-electron chi connectivity index (χ3n) is 4.25. The molecular weight excluding hydrogens is 417 g/mol. The van der Waals surface area contributed by atoms with Crippen molar-refractivity contribution in [3.05, 3.63) is 84.0 Å². The maximum Gasteiger partial charge on any atom is 0.251 e. The Morgan fingerprint density at radius 1 is 1.19 bits per heavy atom. The molecule has 0 unspecified atom stereocenters. The molecule has 2 aromatic carbocycles. The largest absolute Gasteiger partial charge is 0.345 e. The molecule has 2 amide bonds. The van der Waals surface area contributed by atoms with E-state index in [0.29, 0.717) is 23.1 Å². The normalized spacial score (nSPS) is 10.5. The Bertz CT molecular complexity index is 1080. The SMILES string of the molecule is C=CCn1c(CNC(=O)c2ccc(F)cc2)nnc1SCC(=O)Nc1cccc(C)c1. The van der Waals surface area contributed by atoms with Gasteiger partial charge < -0.3 is 15.2 Å². The number of hydrogen-bond acceptors (Lipinski definition) is 5. The molecule has 0 bridgehead atoms. The molecule has 0 aliphatic carbocycles. The number of rotatable bonds is 9. The fraction of sp³-hybridized carbons (Fsp3) is 0.182. The summed E-state index contributed by atoms with van der Waals surface area (Å²) >= 11 is 1.25. The number of aromatic nitrogens is 3. The first-order valence-corrected chi connectivity index (χ1v) is 10.5. The van der Waals surface area contributed by atoms with Crippen LogP contribution in [0.1, 0.15) is 21.7 Å². The van der Waals surface area contributed by atoms with Gasteiger partial charge in [0, 0.05) is 17.8 Å². The molecule has 0 saturated carbocycles. The minimum atomic E-state index is -0.407. The van der Waals surface area contributed by atoms with Gasteiger partial charge in [0.1, 0.15) is 5.82 Å². The van der Waals surface area contributed by atoms with Crippen molar-refractivity contribution >= 4 is 29.3 Å². The molecule has 0 aliphatic rings. The molecule has 0 atom stereocenters. The van der Waals surface area contributed by atoms with Crippen molar-refractivity contribution in [2.45, 2.75) is 25.2 Å². The van der Waals surface area contributed by atoms with Gasteiger partial charge in [0.2, 0.25) is 5.91 Å². The fourth-order valence-corrected chi connectivity index (χ4v) is 3.55. The van der Waals surface area contributed by atoms with Crippen molar-refractivity contribution in [2.75, 3.05) is 11.1 Å². The van der Waals surface area contributed by atoms with E-state index in [1.165, 1.54) is 36.0 Å². The van der Waals surface area contributed by atoms with Gasteiger partial charge in [-0.2, -0.15) is 0 Å². The Balaban J connectivity index is 1.60. The van der Waals surface area contributed by atoms with Gasteiger partial charge >= 0.3 is 0 Å². The van der Waals surface area contributed by atoms with E-state index in [1.807, 2.05) is 31.2 Å². The fourth-order valence-electron chi connectivity index (χ4n) is 2.78. The van der Waals surface area contributed by atoms with Crippen LogP contribution < -0.4 is 10.6 Å². The Morgan fingerprint density at radius 3 is 2.68 bits per heavy atom. The lowest BCUT2D eigenvalue weighted by Crippen LogP contribution is -2.25. The number of thioether (sulfide) groups is 1. The molecule has 0 saturated heterocycles. The summed E-state index contributed by atoms with van der Waals surface area (Å²) in [5.41, 5.74) is 2.14. The van der Waals surface area contributed by atoms with Crippen LogP contribution in [0.2, 0.25) is 0 Å². The van der Waals surface area contributed by atoms with Crippen LogP contribution in [0, 0.1) is 12.7 Å². The topological polar surface area (TPSA) is 88.9 Å². The summed E-state index contributed by atoms with van der Waals surface area (Å²) in [4.78, 5) is 24.5. The number of aryl methyl sites for hydroxylation is 1. The summed E-state index contributed by atoms with van der Waals surface area (Å²) in [6.07, 6.45) is 1.69. The summed E-state index contributed by atoms with van der Waals surface area (Å²) in [6, 6.07) is 12.8. The lowest BCUT2D eigenvalue weighted by molar-refractivity contribution is -0.113. The number of nitrogens with one attached hydrogen (secondary N) is 2. The molecular formula is C22H22FN5O2S. The number of carbonyl (C=O) groups is 2. The third-order valence-corrected chi connectivity index (χ3v) is 5.22. The molecule has 0 fully saturated rings. The molecule has 0 aliphatic heterocycles. The van der Waals surface area contributed by atoms with Gasteiger partial charge in [-0.25, -0.2) is 4.39 Å². The highest BCUT2D eigenvalue weighted by molar-refractivity contribution is 7.99. The Kier molecular flexibility index (Phi) is 7.55. The molecule has 31 heavy (non-hydrogen) atoms. The molecule has 3 rings (SSSR count). The molecule has 9 heteroatoms. The molecule has 0 radical (unpaired) electrons. The second kappa shape index (κ2) is 10.5. The minimum absolute atomic E-state index is 0.132. The standard InChI is InChI=1S/C22H22FN5O2S/c1-3-11-28-19(13-24-21(30)16-7-9-17(23)10-8-16)26-27-22(28)31-14-20(29)25-18-6-4-5-15(2)12-18/h3-10,12H,1,11,13-14H2,2H3,(H,24,30)(H,25,29). The van der Waals surface area contributed by atoms with Gasteiger partial charge in [-0.15, -0.1) is 16.8 Å². The first-order chi connectivity index (χ1) is 15.0. The summed E-state index contributed by atoms with van der Waals surface area (Å²) in [6.45, 7) is 6.26. The Hall–Kier alpha value is -3.46. The van der Waals surface area contributed by atoms with Crippen LogP contribution in [-0.4, -0.2) is 32.3 Å². The van der Waals surface area contributed by atoms with E-state index in [0.717, 1.165) is 11.3 Å². The third kappa shape index (κ3) is 6.26. The molecule has 1 heterocycles. The average molecular weight is 440 g/mol. The molecule has 0 spiro atoms. The van der Waals surface area contributed by atoms with Gasteiger partial charge in [-0.3, -0.25) is 9.59 Å².